The van der Waals surface area contributed by atoms with Crippen LogP contribution in [0.25, 0.3) is 10.2 Å². The summed E-state index contributed by atoms with van der Waals surface area (Å²) < 4.78 is 7.13. The molecule has 1 aliphatic rings. The van der Waals surface area contributed by atoms with Gasteiger partial charge in [0, 0.05) is 10.4 Å². The number of thioether (sulfide) groups is 1. The zero-order chi connectivity index (χ0) is 20.7. The maximum atomic E-state index is 13.4. The van der Waals surface area contributed by atoms with Gasteiger partial charge in [0.1, 0.15) is 10.6 Å². The van der Waals surface area contributed by atoms with Crippen LogP contribution in [0.3, 0.4) is 0 Å². The lowest BCUT2D eigenvalue weighted by atomic mass is 10.1. The molecule has 0 radical (unpaired) electrons. The molecule has 30 heavy (non-hydrogen) atoms. The summed E-state index contributed by atoms with van der Waals surface area (Å²) in [6, 6.07) is 11.2. The standard InChI is InChI=1S/C23H20N2O3S2/c1-14-7-9-15(10-8-14)18(26)13-29-23-24-21-20(17-5-2-6-19(17)30-21)22(27)25(23)12-16-4-3-11-28-16/h3-4,7-11H,2,5-6,12-13H2,1H3. The minimum absolute atomic E-state index is 0.0209. The molecule has 1 aliphatic carbocycles. The highest BCUT2D eigenvalue weighted by Gasteiger charge is 2.24. The Morgan fingerprint density at radius 3 is 2.83 bits per heavy atom. The molecular weight excluding hydrogens is 416 g/mol. The van der Waals surface area contributed by atoms with E-state index in [2.05, 4.69) is 0 Å². The Morgan fingerprint density at radius 1 is 1.23 bits per heavy atom. The van der Waals surface area contributed by atoms with Gasteiger partial charge in [-0.05, 0) is 43.9 Å². The Bertz CT molecular complexity index is 1280. The van der Waals surface area contributed by atoms with Crippen molar-refractivity contribution in [2.45, 2.75) is 37.9 Å². The molecule has 1 aromatic carbocycles. The Kier molecular flexibility index (Phi) is 5.08. The lowest BCUT2D eigenvalue weighted by Crippen LogP contribution is -2.24. The number of fused-ring (bicyclic) bond motifs is 3. The Morgan fingerprint density at radius 2 is 2.07 bits per heavy atom. The number of hydrogen-bond donors (Lipinski definition) is 0. The second-order valence-corrected chi connectivity index (χ2v) is 9.51. The maximum absolute atomic E-state index is 13.4. The molecule has 3 heterocycles. The molecule has 4 aromatic rings. The third-order valence-corrected chi connectivity index (χ3v) is 7.55. The zero-order valence-electron chi connectivity index (χ0n) is 16.5. The number of hydrogen-bond acceptors (Lipinski definition) is 6. The van der Waals surface area contributed by atoms with E-state index in [1.165, 1.54) is 16.6 Å². The second kappa shape index (κ2) is 7.89. The van der Waals surface area contributed by atoms with Gasteiger partial charge in [0.15, 0.2) is 10.9 Å². The summed E-state index contributed by atoms with van der Waals surface area (Å²) in [5.41, 5.74) is 2.91. The van der Waals surface area contributed by atoms with Crippen molar-refractivity contribution in [1.82, 2.24) is 9.55 Å². The summed E-state index contributed by atoms with van der Waals surface area (Å²) in [5.74, 6) is 0.939. The van der Waals surface area contributed by atoms with Crippen LogP contribution in [-0.4, -0.2) is 21.1 Å². The van der Waals surface area contributed by atoms with E-state index < -0.39 is 0 Å². The SMILES string of the molecule is Cc1ccc(C(=O)CSc2nc3sc4c(c3c(=O)n2Cc2ccco2)CCC4)cc1. The van der Waals surface area contributed by atoms with E-state index >= 15 is 0 Å². The van der Waals surface area contributed by atoms with Gasteiger partial charge in [0.2, 0.25) is 0 Å². The third-order valence-electron chi connectivity index (χ3n) is 5.39. The molecule has 0 saturated heterocycles. The van der Waals surface area contributed by atoms with Crippen LogP contribution in [0.15, 0.2) is 57.0 Å². The van der Waals surface area contributed by atoms with E-state index in [0.717, 1.165) is 40.6 Å². The molecule has 0 aliphatic heterocycles. The average Bonchev–Trinajstić information content (AvgIpc) is 3.46. The van der Waals surface area contributed by atoms with Gasteiger partial charge in [-0.25, -0.2) is 4.98 Å². The average molecular weight is 437 g/mol. The molecule has 0 amide bonds. The molecule has 0 saturated carbocycles. The van der Waals surface area contributed by atoms with Gasteiger partial charge in [-0.15, -0.1) is 11.3 Å². The third kappa shape index (κ3) is 3.52. The predicted molar refractivity (Wildman–Crippen MR) is 120 cm³/mol. The summed E-state index contributed by atoms with van der Waals surface area (Å²) in [7, 11) is 0. The fourth-order valence-corrected chi connectivity index (χ4v) is 6.01. The van der Waals surface area contributed by atoms with Crippen molar-refractivity contribution in [2.75, 3.05) is 5.75 Å². The Labute approximate surface area is 181 Å². The lowest BCUT2D eigenvalue weighted by Gasteiger charge is -2.11. The maximum Gasteiger partial charge on any atom is 0.263 e. The lowest BCUT2D eigenvalue weighted by molar-refractivity contribution is 0.102. The number of carbonyl (C=O) groups excluding carboxylic acids is 1. The van der Waals surface area contributed by atoms with Crippen molar-refractivity contribution in [3.05, 3.63) is 80.3 Å². The van der Waals surface area contributed by atoms with Crippen molar-refractivity contribution < 1.29 is 9.21 Å². The molecule has 7 heteroatoms. The van der Waals surface area contributed by atoms with Crippen molar-refractivity contribution in [3.63, 3.8) is 0 Å². The topological polar surface area (TPSA) is 65.1 Å². The van der Waals surface area contributed by atoms with E-state index in [0.29, 0.717) is 23.0 Å². The van der Waals surface area contributed by atoms with Crippen LogP contribution in [0.4, 0.5) is 0 Å². The van der Waals surface area contributed by atoms with E-state index in [-0.39, 0.29) is 17.1 Å². The normalized spacial score (nSPS) is 13.1. The number of carbonyl (C=O) groups is 1. The van der Waals surface area contributed by atoms with Crippen LogP contribution in [0, 0.1) is 6.92 Å². The summed E-state index contributed by atoms with van der Waals surface area (Å²) in [5, 5.41) is 1.30. The summed E-state index contributed by atoms with van der Waals surface area (Å²) in [6.07, 6.45) is 4.65. The number of thiophene rings is 1. The number of Topliss-reactive ketones (excluding diaryl/α,β-unsaturated/α-hetero) is 1. The number of furan rings is 1. The van der Waals surface area contributed by atoms with Gasteiger partial charge in [-0.1, -0.05) is 41.6 Å². The first-order chi connectivity index (χ1) is 14.6. The molecule has 0 bridgehead atoms. The predicted octanol–water partition coefficient (Wildman–Crippen LogP) is 4.87. The first kappa shape index (κ1) is 19.3. The summed E-state index contributed by atoms with van der Waals surface area (Å²) >= 11 is 2.93. The highest BCUT2D eigenvalue weighted by Crippen LogP contribution is 2.35. The molecule has 0 atom stereocenters. The Balaban J connectivity index is 1.52. The van der Waals surface area contributed by atoms with Crippen molar-refractivity contribution >= 4 is 39.1 Å². The number of benzene rings is 1. The molecule has 0 unspecified atom stereocenters. The second-order valence-electron chi connectivity index (χ2n) is 7.48. The van der Waals surface area contributed by atoms with Crippen LogP contribution in [0.1, 0.15) is 38.5 Å². The molecule has 5 rings (SSSR count). The first-order valence-corrected chi connectivity index (χ1v) is 11.7. The first-order valence-electron chi connectivity index (χ1n) is 9.90. The minimum Gasteiger partial charge on any atom is -0.467 e. The number of aryl methyl sites for hydroxylation is 3. The fraction of sp³-hybridized carbons (Fsp3) is 0.261. The summed E-state index contributed by atoms with van der Waals surface area (Å²) in [6.45, 7) is 2.30. The van der Waals surface area contributed by atoms with Crippen LogP contribution in [0.5, 0.6) is 0 Å². The highest BCUT2D eigenvalue weighted by atomic mass is 32.2. The van der Waals surface area contributed by atoms with Crippen molar-refractivity contribution in [1.29, 1.82) is 0 Å². The van der Waals surface area contributed by atoms with Crippen molar-refractivity contribution in [3.8, 4) is 0 Å². The van der Waals surface area contributed by atoms with Gasteiger partial charge in [-0.2, -0.15) is 0 Å². The van der Waals surface area contributed by atoms with E-state index in [1.54, 1.807) is 22.2 Å². The molecule has 0 N–H and O–H groups in total. The number of ketones is 1. The van der Waals surface area contributed by atoms with Gasteiger partial charge >= 0.3 is 0 Å². The molecule has 152 valence electrons. The van der Waals surface area contributed by atoms with E-state index in [1.807, 2.05) is 43.3 Å². The molecular formula is C23H20N2O3S2. The van der Waals surface area contributed by atoms with Gasteiger partial charge in [-0.3, -0.25) is 14.2 Å². The molecule has 3 aromatic heterocycles. The van der Waals surface area contributed by atoms with E-state index in [4.69, 9.17) is 9.40 Å². The minimum atomic E-state index is -0.0407. The smallest absolute Gasteiger partial charge is 0.263 e. The molecule has 5 nitrogen and oxygen atoms in total. The fourth-order valence-electron chi connectivity index (χ4n) is 3.82. The van der Waals surface area contributed by atoms with Gasteiger partial charge in [0.05, 0.1) is 23.9 Å². The number of nitrogens with zero attached hydrogens (tertiary/aromatic N) is 2. The highest BCUT2D eigenvalue weighted by molar-refractivity contribution is 7.99. The van der Waals surface area contributed by atoms with Crippen LogP contribution in [0.2, 0.25) is 0 Å². The number of aromatic nitrogens is 2. The molecule has 0 fully saturated rings. The summed E-state index contributed by atoms with van der Waals surface area (Å²) in [4.78, 5) is 33.0. The van der Waals surface area contributed by atoms with E-state index in [9.17, 15) is 9.59 Å². The quantitative estimate of drug-likeness (QED) is 0.245. The van der Waals surface area contributed by atoms with Crippen LogP contribution < -0.4 is 5.56 Å². The van der Waals surface area contributed by atoms with Crippen molar-refractivity contribution in [2.24, 2.45) is 0 Å². The van der Waals surface area contributed by atoms with Gasteiger partial charge in [0.25, 0.3) is 5.56 Å². The molecule has 0 spiro atoms. The Hall–Kier alpha value is -2.64. The van der Waals surface area contributed by atoms with Gasteiger partial charge < -0.3 is 4.42 Å². The largest absolute Gasteiger partial charge is 0.467 e. The number of rotatable bonds is 6. The monoisotopic (exact) mass is 436 g/mol. The van der Waals surface area contributed by atoms with Crippen LogP contribution in [-0.2, 0) is 19.4 Å². The zero-order valence-corrected chi connectivity index (χ0v) is 18.1. The van der Waals surface area contributed by atoms with Crippen LogP contribution >= 0.6 is 23.1 Å².